The van der Waals surface area contributed by atoms with Crippen LogP contribution in [0, 0.1) is 6.92 Å². The lowest BCUT2D eigenvalue weighted by Crippen LogP contribution is -2.51. The first kappa shape index (κ1) is 24.2. The Morgan fingerprint density at radius 2 is 1.85 bits per heavy atom. The van der Waals surface area contributed by atoms with Crippen molar-refractivity contribution < 1.29 is 14.3 Å². The highest BCUT2D eigenvalue weighted by atomic mass is 32.2. The fourth-order valence-electron chi connectivity index (χ4n) is 4.45. The Kier molecular flexibility index (Phi) is 7.80. The average Bonchev–Trinajstić information content (AvgIpc) is 2.84. The van der Waals surface area contributed by atoms with Crippen molar-refractivity contribution in [3.63, 3.8) is 0 Å². The van der Waals surface area contributed by atoms with E-state index in [2.05, 4.69) is 51.6 Å². The molecule has 2 heterocycles. The van der Waals surface area contributed by atoms with E-state index < -0.39 is 12.0 Å². The Hall–Kier alpha value is -2.97. The summed E-state index contributed by atoms with van der Waals surface area (Å²) in [4.78, 5) is 31.4. The molecule has 0 radical (unpaired) electrons. The van der Waals surface area contributed by atoms with Crippen molar-refractivity contribution in [1.29, 1.82) is 0 Å². The van der Waals surface area contributed by atoms with E-state index in [-0.39, 0.29) is 12.6 Å². The second-order valence-corrected chi connectivity index (χ2v) is 9.40. The number of amides is 2. The van der Waals surface area contributed by atoms with E-state index in [0.717, 1.165) is 36.6 Å². The molecule has 2 N–H and O–H groups in total. The number of aryl methyl sites for hydroxylation is 1. The predicted molar refractivity (Wildman–Crippen MR) is 136 cm³/mol. The zero-order chi connectivity index (χ0) is 24.1. The van der Waals surface area contributed by atoms with Gasteiger partial charge >= 0.3 is 12.0 Å². The van der Waals surface area contributed by atoms with Crippen LogP contribution in [0.2, 0.25) is 0 Å². The van der Waals surface area contributed by atoms with Gasteiger partial charge in [-0.05, 0) is 55.5 Å². The van der Waals surface area contributed by atoms with Gasteiger partial charge in [-0.15, -0.1) is 11.8 Å². The van der Waals surface area contributed by atoms with E-state index in [9.17, 15) is 9.59 Å². The maximum Gasteiger partial charge on any atom is 0.338 e. The number of nitrogens with one attached hydrogen (secondary N) is 2. The lowest BCUT2D eigenvalue weighted by Gasteiger charge is -2.38. The molecule has 1 unspecified atom stereocenters. The SMILES string of the molecule is CCOC(=O)C1=C(CN2CCN(c3cccc(C)c3)CC2)NC(=O)NC1c1ccc(SC)cc1. The first-order valence-electron chi connectivity index (χ1n) is 11.6. The zero-order valence-electron chi connectivity index (χ0n) is 20.0. The number of carbonyl (C=O) groups is 2. The largest absolute Gasteiger partial charge is 0.463 e. The second-order valence-electron chi connectivity index (χ2n) is 8.52. The van der Waals surface area contributed by atoms with Gasteiger partial charge in [0.05, 0.1) is 18.2 Å². The van der Waals surface area contributed by atoms with Crippen molar-refractivity contribution in [2.24, 2.45) is 0 Å². The smallest absolute Gasteiger partial charge is 0.338 e. The van der Waals surface area contributed by atoms with Gasteiger partial charge in [-0.1, -0.05) is 24.3 Å². The number of thioether (sulfide) groups is 1. The molecule has 0 spiro atoms. The van der Waals surface area contributed by atoms with Crippen LogP contribution in [0.5, 0.6) is 0 Å². The molecule has 2 aliphatic rings. The number of ether oxygens (including phenoxy) is 1. The average molecular weight is 481 g/mol. The van der Waals surface area contributed by atoms with Gasteiger partial charge in [0, 0.05) is 49.0 Å². The molecule has 8 heteroatoms. The molecule has 0 bridgehead atoms. The maximum absolute atomic E-state index is 13.0. The summed E-state index contributed by atoms with van der Waals surface area (Å²) in [5, 5.41) is 5.81. The summed E-state index contributed by atoms with van der Waals surface area (Å²) in [7, 11) is 0. The first-order chi connectivity index (χ1) is 16.5. The van der Waals surface area contributed by atoms with Crippen LogP contribution in [0.3, 0.4) is 0 Å². The normalized spacial score (nSPS) is 19.0. The number of hydrogen-bond acceptors (Lipinski definition) is 6. The highest BCUT2D eigenvalue weighted by molar-refractivity contribution is 7.98. The quantitative estimate of drug-likeness (QED) is 0.465. The molecule has 34 heavy (non-hydrogen) atoms. The van der Waals surface area contributed by atoms with Crippen molar-refractivity contribution in [3.05, 3.63) is 70.9 Å². The minimum Gasteiger partial charge on any atom is -0.463 e. The molecule has 180 valence electrons. The molecule has 1 saturated heterocycles. The molecule has 2 aliphatic heterocycles. The van der Waals surface area contributed by atoms with Gasteiger partial charge in [0.25, 0.3) is 0 Å². The summed E-state index contributed by atoms with van der Waals surface area (Å²) >= 11 is 1.65. The fraction of sp³-hybridized carbons (Fsp3) is 0.385. The van der Waals surface area contributed by atoms with Crippen molar-refractivity contribution in [2.45, 2.75) is 24.8 Å². The number of piperazine rings is 1. The number of nitrogens with zero attached hydrogens (tertiary/aromatic N) is 2. The molecule has 0 saturated carbocycles. The Balaban J connectivity index is 1.55. The molecule has 1 fully saturated rings. The zero-order valence-corrected chi connectivity index (χ0v) is 20.8. The molecule has 7 nitrogen and oxygen atoms in total. The van der Waals surface area contributed by atoms with E-state index >= 15 is 0 Å². The minimum atomic E-state index is -0.549. The molecule has 0 aromatic heterocycles. The number of rotatable bonds is 7. The standard InChI is InChI=1S/C26H32N4O3S/c1-4-33-25(31)23-22(27-26(32)28-24(23)19-8-10-21(34-3)11-9-19)17-29-12-14-30(15-13-29)20-7-5-6-18(2)16-20/h5-11,16,24H,4,12-15,17H2,1-3H3,(H2,27,28,32). The van der Waals surface area contributed by atoms with Crippen LogP contribution in [0.15, 0.2) is 64.7 Å². The molecular formula is C26H32N4O3S. The van der Waals surface area contributed by atoms with Gasteiger partial charge in [-0.2, -0.15) is 0 Å². The number of benzene rings is 2. The van der Waals surface area contributed by atoms with Gasteiger partial charge < -0.3 is 20.3 Å². The molecule has 2 aromatic carbocycles. The third-order valence-corrected chi connectivity index (χ3v) is 6.96. The summed E-state index contributed by atoms with van der Waals surface area (Å²) in [5.41, 5.74) is 4.43. The minimum absolute atomic E-state index is 0.275. The van der Waals surface area contributed by atoms with E-state index in [1.165, 1.54) is 11.3 Å². The Bertz CT molecular complexity index is 1060. The summed E-state index contributed by atoms with van der Waals surface area (Å²) in [6.45, 7) is 8.11. The predicted octanol–water partition coefficient (Wildman–Crippen LogP) is 3.71. The summed E-state index contributed by atoms with van der Waals surface area (Å²) < 4.78 is 5.40. The van der Waals surface area contributed by atoms with Gasteiger partial charge in [-0.3, -0.25) is 4.90 Å². The number of carbonyl (C=O) groups excluding carboxylic acids is 2. The number of esters is 1. The topological polar surface area (TPSA) is 73.9 Å². The number of urea groups is 1. The van der Waals surface area contributed by atoms with E-state index in [0.29, 0.717) is 17.8 Å². The van der Waals surface area contributed by atoms with Crippen molar-refractivity contribution in [2.75, 3.05) is 50.5 Å². The van der Waals surface area contributed by atoms with E-state index in [1.54, 1.807) is 18.7 Å². The molecular weight excluding hydrogens is 448 g/mol. The van der Waals surface area contributed by atoms with Crippen LogP contribution in [0.25, 0.3) is 0 Å². The number of anilines is 1. The fourth-order valence-corrected chi connectivity index (χ4v) is 4.86. The van der Waals surface area contributed by atoms with Crippen LogP contribution in [-0.2, 0) is 9.53 Å². The van der Waals surface area contributed by atoms with Gasteiger partial charge in [-0.25, -0.2) is 9.59 Å². The molecule has 2 aromatic rings. The first-order valence-corrected chi connectivity index (χ1v) is 12.9. The molecule has 1 atom stereocenters. The third-order valence-electron chi connectivity index (χ3n) is 6.22. The molecule has 0 aliphatic carbocycles. The van der Waals surface area contributed by atoms with Crippen LogP contribution in [0.4, 0.5) is 10.5 Å². The monoisotopic (exact) mass is 480 g/mol. The highest BCUT2D eigenvalue weighted by Crippen LogP contribution is 2.30. The van der Waals surface area contributed by atoms with Gasteiger partial charge in [0.2, 0.25) is 0 Å². The third kappa shape index (κ3) is 5.56. The lowest BCUT2D eigenvalue weighted by molar-refractivity contribution is -0.139. The Labute approximate surface area is 205 Å². The van der Waals surface area contributed by atoms with Crippen LogP contribution in [-0.4, -0.2) is 62.5 Å². The summed E-state index contributed by atoms with van der Waals surface area (Å²) in [6.07, 6.45) is 2.02. The molecule has 4 rings (SSSR count). The van der Waals surface area contributed by atoms with E-state index in [1.807, 2.05) is 30.5 Å². The summed E-state index contributed by atoms with van der Waals surface area (Å²) in [6, 6.07) is 15.6. The second kappa shape index (κ2) is 11.0. The lowest BCUT2D eigenvalue weighted by atomic mass is 9.95. The van der Waals surface area contributed by atoms with Gasteiger partial charge in [0.1, 0.15) is 0 Å². The number of hydrogen-bond donors (Lipinski definition) is 2. The summed E-state index contributed by atoms with van der Waals surface area (Å²) in [5.74, 6) is -0.401. The van der Waals surface area contributed by atoms with Crippen molar-refractivity contribution in [3.8, 4) is 0 Å². The van der Waals surface area contributed by atoms with E-state index in [4.69, 9.17) is 4.74 Å². The Morgan fingerprint density at radius 3 is 2.50 bits per heavy atom. The Morgan fingerprint density at radius 1 is 1.12 bits per heavy atom. The van der Waals surface area contributed by atoms with Crippen LogP contribution < -0.4 is 15.5 Å². The van der Waals surface area contributed by atoms with Gasteiger partial charge in [0.15, 0.2) is 0 Å². The van der Waals surface area contributed by atoms with Crippen molar-refractivity contribution >= 4 is 29.4 Å². The van der Waals surface area contributed by atoms with Crippen LogP contribution in [0.1, 0.15) is 24.1 Å². The molecule has 2 amide bonds. The maximum atomic E-state index is 13.0. The highest BCUT2D eigenvalue weighted by Gasteiger charge is 2.34. The van der Waals surface area contributed by atoms with Crippen molar-refractivity contribution in [1.82, 2.24) is 15.5 Å². The van der Waals surface area contributed by atoms with Crippen LogP contribution >= 0.6 is 11.8 Å².